The lowest BCUT2D eigenvalue weighted by atomic mass is 10.0. The molecule has 0 spiro atoms. The summed E-state index contributed by atoms with van der Waals surface area (Å²) in [5.41, 5.74) is 1.93. The number of anilines is 1. The van der Waals surface area contributed by atoms with Crippen LogP contribution in [0.5, 0.6) is 11.8 Å². The van der Waals surface area contributed by atoms with Gasteiger partial charge in [0.25, 0.3) is 10.1 Å². The highest BCUT2D eigenvalue weighted by Crippen LogP contribution is 2.37. The van der Waals surface area contributed by atoms with Crippen LogP contribution < -0.4 is 14.4 Å². The third-order valence-electron chi connectivity index (χ3n) is 6.68. The van der Waals surface area contributed by atoms with E-state index in [0.717, 1.165) is 11.1 Å². The van der Waals surface area contributed by atoms with Gasteiger partial charge in [-0.25, -0.2) is 8.78 Å². The van der Waals surface area contributed by atoms with Crippen molar-refractivity contribution >= 4 is 15.8 Å². The lowest BCUT2D eigenvalue weighted by molar-refractivity contribution is 0.268. The highest BCUT2D eigenvalue weighted by atomic mass is 32.2. The number of aromatic nitrogens is 1. The Labute approximate surface area is 231 Å². The summed E-state index contributed by atoms with van der Waals surface area (Å²) < 4.78 is 74.4. The average molecular weight is 567 g/mol. The molecule has 1 saturated heterocycles. The molecule has 10 heteroatoms. The van der Waals surface area contributed by atoms with Crippen molar-refractivity contribution in [1.29, 1.82) is 0 Å². The zero-order chi connectivity index (χ0) is 28.1. The molecular formula is C30H28F2N2O5S. The lowest BCUT2D eigenvalue weighted by Crippen LogP contribution is -2.23. The summed E-state index contributed by atoms with van der Waals surface area (Å²) in [7, 11) is -4.13. The predicted octanol–water partition coefficient (Wildman–Crippen LogP) is 5.90. The molecule has 1 aromatic heterocycles. The van der Waals surface area contributed by atoms with Crippen molar-refractivity contribution < 1.29 is 31.2 Å². The van der Waals surface area contributed by atoms with Crippen molar-refractivity contribution in [3.05, 3.63) is 108 Å². The van der Waals surface area contributed by atoms with Crippen molar-refractivity contribution in [3.63, 3.8) is 0 Å². The number of hydrogen-bond acceptors (Lipinski definition) is 6. The number of benzene rings is 3. The van der Waals surface area contributed by atoms with Crippen molar-refractivity contribution in [2.45, 2.75) is 19.6 Å². The average Bonchev–Trinajstić information content (AvgIpc) is 3.39. The molecule has 1 atom stereocenters. The Morgan fingerprint density at radius 2 is 1.48 bits per heavy atom. The first-order valence-corrected chi connectivity index (χ1v) is 14.4. The Morgan fingerprint density at radius 3 is 2.08 bits per heavy atom. The Bertz CT molecular complexity index is 1550. The van der Waals surface area contributed by atoms with Crippen LogP contribution in [0, 0.1) is 17.6 Å². The minimum atomic E-state index is -4.13. The van der Waals surface area contributed by atoms with Crippen LogP contribution in [-0.2, 0) is 23.3 Å². The zero-order valence-electron chi connectivity index (χ0n) is 21.5. The van der Waals surface area contributed by atoms with Gasteiger partial charge in [-0.15, -0.1) is 0 Å². The minimum Gasteiger partial charge on any atom is -0.473 e. The van der Waals surface area contributed by atoms with E-state index in [-0.39, 0.29) is 54.3 Å². The topological polar surface area (TPSA) is 89.0 Å². The summed E-state index contributed by atoms with van der Waals surface area (Å²) >= 11 is 0. The van der Waals surface area contributed by atoms with Gasteiger partial charge in [-0.3, -0.25) is 4.55 Å². The Morgan fingerprint density at radius 1 is 0.875 bits per heavy atom. The summed E-state index contributed by atoms with van der Waals surface area (Å²) in [5, 5.41) is 0. The van der Waals surface area contributed by atoms with Gasteiger partial charge in [-0.05, 0) is 41.7 Å². The quantitative estimate of drug-likeness (QED) is 0.239. The maximum Gasteiger partial charge on any atom is 0.265 e. The third kappa shape index (κ3) is 6.94. The summed E-state index contributed by atoms with van der Waals surface area (Å²) in [4.78, 5) is 6.14. The first kappa shape index (κ1) is 27.5. The number of hydrogen-bond donors (Lipinski definition) is 1. The Balaban J connectivity index is 1.42. The van der Waals surface area contributed by atoms with Gasteiger partial charge in [0.2, 0.25) is 11.8 Å². The molecule has 0 unspecified atom stereocenters. The van der Waals surface area contributed by atoms with Gasteiger partial charge in [0, 0.05) is 24.8 Å². The lowest BCUT2D eigenvalue weighted by Gasteiger charge is -2.20. The van der Waals surface area contributed by atoms with Gasteiger partial charge < -0.3 is 14.4 Å². The first-order valence-electron chi connectivity index (χ1n) is 12.8. The summed E-state index contributed by atoms with van der Waals surface area (Å²) in [6.07, 6.45) is 0.483. The zero-order valence-corrected chi connectivity index (χ0v) is 22.4. The van der Waals surface area contributed by atoms with Crippen molar-refractivity contribution in [1.82, 2.24) is 4.98 Å². The largest absolute Gasteiger partial charge is 0.473 e. The summed E-state index contributed by atoms with van der Waals surface area (Å²) in [6, 6.07) is 24.4. The van der Waals surface area contributed by atoms with Crippen LogP contribution in [0.4, 0.5) is 14.5 Å². The van der Waals surface area contributed by atoms with Gasteiger partial charge in [0.15, 0.2) is 0 Å². The SMILES string of the molecule is O=S(=O)(O)C[C@@H]1CCN(c2cc(F)c(-c3ccc(OCc4ccccc4)nc3OCc3ccccc3)c(F)c2)C1. The number of ether oxygens (including phenoxy) is 2. The number of nitrogens with zero attached hydrogens (tertiary/aromatic N) is 2. The normalized spacial score (nSPS) is 15.3. The van der Waals surface area contributed by atoms with Crippen LogP contribution in [0.15, 0.2) is 84.9 Å². The molecule has 5 rings (SSSR count). The van der Waals surface area contributed by atoms with Crippen LogP contribution in [0.25, 0.3) is 11.1 Å². The maximum atomic E-state index is 15.5. The second-order valence-electron chi connectivity index (χ2n) is 9.68. The minimum absolute atomic E-state index is 0.0225. The van der Waals surface area contributed by atoms with Gasteiger partial charge in [-0.2, -0.15) is 13.4 Å². The Kier molecular flexibility index (Phi) is 8.27. The van der Waals surface area contributed by atoms with Crippen LogP contribution in [0.1, 0.15) is 17.5 Å². The van der Waals surface area contributed by atoms with Gasteiger partial charge in [-0.1, -0.05) is 60.7 Å². The number of rotatable bonds is 10. The van der Waals surface area contributed by atoms with E-state index >= 15 is 8.78 Å². The van der Waals surface area contributed by atoms with E-state index in [9.17, 15) is 8.42 Å². The van der Waals surface area contributed by atoms with Crippen LogP contribution >= 0.6 is 0 Å². The van der Waals surface area contributed by atoms with Gasteiger partial charge in [0.1, 0.15) is 24.8 Å². The molecule has 0 saturated carbocycles. The summed E-state index contributed by atoms with van der Waals surface area (Å²) in [6.45, 7) is 1.07. The van der Waals surface area contributed by atoms with E-state index in [1.165, 1.54) is 18.2 Å². The molecule has 1 fully saturated rings. The molecule has 2 heterocycles. The molecule has 40 heavy (non-hydrogen) atoms. The van der Waals surface area contributed by atoms with Gasteiger partial charge >= 0.3 is 0 Å². The standard InChI is InChI=1S/C30H28F2N2O5S/c31-26-15-24(34-14-13-23(17-34)20-40(35,36)37)16-27(32)29(26)25-11-12-28(38-18-21-7-3-1-4-8-21)33-30(25)39-19-22-9-5-2-6-10-22/h1-12,15-16,23H,13-14,17-20H2,(H,35,36,37)/t23-/m1/s1. The number of halogens is 2. The fourth-order valence-corrected chi connectivity index (χ4v) is 5.63. The molecule has 0 bridgehead atoms. The molecule has 208 valence electrons. The maximum absolute atomic E-state index is 15.5. The fraction of sp³-hybridized carbons (Fsp3) is 0.233. The highest BCUT2D eigenvalue weighted by molar-refractivity contribution is 7.85. The molecular weight excluding hydrogens is 538 g/mol. The van der Waals surface area contributed by atoms with E-state index in [1.54, 1.807) is 11.0 Å². The molecule has 1 aliphatic heterocycles. The van der Waals surface area contributed by atoms with Gasteiger partial charge in [0.05, 0.1) is 16.9 Å². The predicted molar refractivity (Wildman–Crippen MR) is 148 cm³/mol. The first-order chi connectivity index (χ1) is 19.2. The van der Waals surface area contributed by atoms with E-state index in [4.69, 9.17) is 14.0 Å². The highest BCUT2D eigenvalue weighted by Gasteiger charge is 2.28. The fourth-order valence-electron chi connectivity index (χ4n) is 4.76. The van der Waals surface area contributed by atoms with Crippen LogP contribution in [0.3, 0.4) is 0 Å². The molecule has 3 aromatic carbocycles. The van der Waals surface area contributed by atoms with Crippen LogP contribution in [-0.4, -0.2) is 36.8 Å². The monoisotopic (exact) mass is 566 g/mol. The molecule has 1 N–H and O–H groups in total. The van der Waals surface area contributed by atoms with Crippen LogP contribution in [0.2, 0.25) is 0 Å². The molecule has 1 aliphatic rings. The molecule has 7 nitrogen and oxygen atoms in total. The van der Waals surface area contributed by atoms with E-state index in [0.29, 0.717) is 18.7 Å². The van der Waals surface area contributed by atoms with Crippen molar-refractivity contribution in [2.75, 3.05) is 23.7 Å². The number of pyridine rings is 1. The van der Waals surface area contributed by atoms with E-state index in [1.807, 2.05) is 60.7 Å². The summed E-state index contributed by atoms with van der Waals surface area (Å²) in [5.74, 6) is -2.06. The molecule has 4 aromatic rings. The molecule has 0 aliphatic carbocycles. The smallest absolute Gasteiger partial charge is 0.265 e. The Hall–Kier alpha value is -4.02. The van der Waals surface area contributed by atoms with E-state index < -0.39 is 21.8 Å². The third-order valence-corrected chi connectivity index (χ3v) is 7.57. The molecule has 0 radical (unpaired) electrons. The second-order valence-corrected chi connectivity index (χ2v) is 11.2. The van der Waals surface area contributed by atoms with Crippen molar-refractivity contribution in [2.24, 2.45) is 5.92 Å². The van der Waals surface area contributed by atoms with Crippen molar-refractivity contribution in [3.8, 4) is 22.9 Å². The van der Waals surface area contributed by atoms with E-state index in [2.05, 4.69) is 4.98 Å². The molecule has 0 amide bonds. The second kappa shape index (κ2) is 12.0.